The Morgan fingerprint density at radius 1 is 1.14 bits per heavy atom. The normalized spacial score (nSPS) is 11.5. The number of nitrogens with zero attached hydrogens (tertiary/aromatic N) is 1. The Bertz CT molecular complexity index is 1100. The smallest absolute Gasteiger partial charge is 0.271 e. The van der Waals surface area contributed by atoms with Gasteiger partial charge in [-0.2, -0.15) is 0 Å². The molecule has 1 heterocycles. The van der Waals surface area contributed by atoms with Crippen molar-refractivity contribution >= 4 is 17.2 Å². The van der Waals surface area contributed by atoms with E-state index >= 15 is 0 Å². The van der Waals surface area contributed by atoms with E-state index in [0.717, 1.165) is 33.9 Å². The molecule has 2 aromatic carbocycles. The van der Waals surface area contributed by atoms with Gasteiger partial charge in [0.2, 0.25) is 0 Å². The van der Waals surface area contributed by atoms with Crippen molar-refractivity contribution in [2.24, 2.45) is 0 Å². The minimum atomic E-state index is -0.113. The van der Waals surface area contributed by atoms with Gasteiger partial charge in [-0.15, -0.1) is 17.9 Å². The van der Waals surface area contributed by atoms with Crippen LogP contribution in [0.1, 0.15) is 72.2 Å². The predicted molar refractivity (Wildman–Crippen MR) is 149 cm³/mol. The molecule has 0 saturated carbocycles. The topological polar surface area (TPSA) is 51.2 Å². The number of ether oxygens (including phenoxy) is 1. The highest BCUT2D eigenvalue weighted by molar-refractivity contribution is 7.15. The van der Waals surface area contributed by atoms with E-state index in [2.05, 4.69) is 101 Å². The van der Waals surface area contributed by atoms with E-state index in [1.165, 1.54) is 16.7 Å². The molecule has 5 heteroatoms. The molecule has 0 radical (unpaired) electrons. The van der Waals surface area contributed by atoms with Gasteiger partial charge in [0.25, 0.3) is 5.91 Å². The Labute approximate surface area is 215 Å². The minimum absolute atomic E-state index is 0.113. The van der Waals surface area contributed by atoms with Crippen LogP contribution in [0.15, 0.2) is 55.1 Å². The summed E-state index contributed by atoms with van der Waals surface area (Å²) in [5, 5.41) is 3.98. The van der Waals surface area contributed by atoms with Crippen molar-refractivity contribution in [3.05, 3.63) is 87.9 Å². The Kier molecular flexibility index (Phi) is 11.4. The first kappa shape index (κ1) is 28.5. The zero-order valence-electron chi connectivity index (χ0n) is 22.3. The number of nitrogens with one attached hydrogen (secondary N) is 1. The fourth-order valence-electron chi connectivity index (χ4n) is 3.73. The molecular weight excluding hydrogens is 452 g/mol. The fraction of sp³-hybridized carbons (Fsp3) is 0.400. The third-order valence-corrected chi connectivity index (χ3v) is 6.66. The molecule has 0 aliphatic carbocycles. The Balaban J connectivity index is 0.00000137. The summed E-state index contributed by atoms with van der Waals surface area (Å²) in [6.45, 7) is 18.2. The van der Waals surface area contributed by atoms with Crippen molar-refractivity contribution in [2.75, 3.05) is 0 Å². The van der Waals surface area contributed by atoms with Gasteiger partial charge < -0.3 is 10.1 Å². The number of thiazole rings is 1. The number of aromatic nitrogens is 1. The molecule has 1 atom stereocenters. The van der Waals surface area contributed by atoms with Gasteiger partial charge in [-0.1, -0.05) is 61.0 Å². The quantitative estimate of drug-likeness (QED) is 0.315. The van der Waals surface area contributed by atoms with Gasteiger partial charge in [0.1, 0.15) is 10.7 Å². The van der Waals surface area contributed by atoms with Crippen molar-refractivity contribution in [2.45, 2.75) is 80.1 Å². The van der Waals surface area contributed by atoms with Gasteiger partial charge >= 0.3 is 0 Å². The number of amides is 1. The third-order valence-electron chi connectivity index (χ3n) is 5.41. The van der Waals surface area contributed by atoms with E-state index < -0.39 is 0 Å². The second-order valence-electron chi connectivity index (χ2n) is 9.06. The van der Waals surface area contributed by atoms with E-state index in [9.17, 15) is 4.79 Å². The molecule has 0 spiro atoms. The van der Waals surface area contributed by atoms with Crippen LogP contribution in [0.3, 0.4) is 0 Å². The number of carbonyl (C=O) groups is 1. The average Bonchev–Trinajstić information content (AvgIpc) is 3.24. The number of rotatable bonds is 9. The molecule has 0 fully saturated rings. The van der Waals surface area contributed by atoms with Crippen LogP contribution in [-0.4, -0.2) is 23.1 Å². The molecule has 0 bridgehead atoms. The van der Waals surface area contributed by atoms with Crippen LogP contribution in [0.5, 0.6) is 0 Å². The molecule has 3 aromatic rings. The zero-order valence-corrected chi connectivity index (χ0v) is 23.1. The second kappa shape index (κ2) is 14.0. The lowest BCUT2D eigenvalue weighted by Crippen LogP contribution is -2.24. The van der Waals surface area contributed by atoms with Crippen LogP contribution in [0, 0.1) is 13.8 Å². The van der Waals surface area contributed by atoms with Crippen LogP contribution in [0.2, 0.25) is 0 Å². The molecule has 1 N–H and O–H groups in total. The van der Waals surface area contributed by atoms with E-state index in [1.54, 1.807) is 17.4 Å². The molecule has 0 saturated heterocycles. The van der Waals surface area contributed by atoms with Crippen LogP contribution >= 0.6 is 11.3 Å². The third kappa shape index (κ3) is 8.75. The fourth-order valence-corrected chi connectivity index (χ4v) is 4.74. The number of benzene rings is 2. The zero-order chi connectivity index (χ0) is 26.0. The van der Waals surface area contributed by atoms with Gasteiger partial charge in [0.15, 0.2) is 0 Å². The molecule has 188 valence electrons. The summed E-state index contributed by atoms with van der Waals surface area (Å²) in [6, 6.07) is 14.7. The maximum atomic E-state index is 13.0. The van der Waals surface area contributed by atoms with Crippen LogP contribution in [0.4, 0.5) is 0 Å². The summed E-state index contributed by atoms with van der Waals surface area (Å²) in [7, 11) is 0. The molecule has 0 aliphatic heterocycles. The number of hydrogen-bond acceptors (Lipinski definition) is 4. The average molecular weight is 493 g/mol. The van der Waals surface area contributed by atoms with Gasteiger partial charge in [-0.05, 0) is 71.1 Å². The maximum Gasteiger partial charge on any atom is 0.271 e. The molecule has 1 aromatic heterocycles. The lowest BCUT2D eigenvalue weighted by Gasteiger charge is -2.17. The van der Waals surface area contributed by atoms with Gasteiger partial charge in [0, 0.05) is 17.0 Å². The number of allylic oxidation sites excluding steroid dienone is 1. The van der Waals surface area contributed by atoms with Crippen molar-refractivity contribution in [3.8, 4) is 10.6 Å². The number of hydrogen-bond donors (Lipinski definition) is 1. The van der Waals surface area contributed by atoms with Crippen molar-refractivity contribution in [1.29, 1.82) is 0 Å². The first-order chi connectivity index (χ1) is 16.7. The van der Waals surface area contributed by atoms with Crippen LogP contribution in [-0.2, 0) is 24.1 Å². The molecule has 0 aliphatic rings. The lowest BCUT2D eigenvalue weighted by atomic mass is 10.0. The first-order valence-corrected chi connectivity index (χ1v) is 13.2. The van der Waals surface area contributed by atoms with Gasteiger partial charge in [0.05, 0.1) is 12.2 Å². The number of aryl methyl sites for hydroxylation is 3. The van der Waals surface area contributed by atoms with E-state index in [0.29, 0.717) is 12.2 Å². The summed E-state index contributed by atoms with van der Waals surface area (Å²) >= 11 is 1.60. The first-order valence-electron chi connectivity index (χ1n) is 12.3. The summed E-state index contributed by atoms with van der Waals surface area (Å²) in [5.41, 5.74) is 6.32. The van der Waals surface area contributed by atoms with E-state index in [4.69, 9.17) is 4.74 Å². The Morgan fingerprint density at radius 2 is 1.80 bits per heavy atom. The van der Waals surface area contributed by atoms with Crippen molar-refractivity contribution < 1.29 is 9.53 Å². The Morgan fingerprint density at radius 3 is 2.40 bits per heavy atom. The van der Waals surface area contributed by atoms with Crippen LogP contribution < -0.4 is 5.32 Å². The predicted octanol–water partition coefficient (Wildman–Crippen LogP) is 7.47. The highest BCUT2D eigenvalue weighted by Crippen LogP contribution is 2.29. The van der Waals surface area contributed by atoms with Crippen LogP contribution in [0.25, 0.3) is 10.6 Å². The molecule has 1 unspecified atom stereocenters. The largest absolute Gasteiger partial charge is 0.376 e. The summed E-state index contributed by atoms with van der Waals surface area (Å²) in [4.78, 5) is 18.7. The summed E-state index contributed by atoms with van der Waals surface area (Å²) in [6.07, 6.45) is 3.76. The highest BCUT2D eigenvalue weighted by atomic mass is 32.1. The molecule has 35 heavy (non-hydrogen) atoms. The lowest BCUT2D eigenvalue weighted by molar-refractivity contribution is 0.0195. The SMILES string of the molecule is C=CC.CCc1sc(-c2ccc(C)cc2)nc1C(=O)NCc1cc(CC(C)OC(C)C)ccc1C. The molecule has 3 rings (SSSR count). The standard InChI is InChI=1S/C27H34N2O2S.C3H6/c1-7-24-25(29-27(32-24)22-12-8-18(4)9-13-22)26(30)28-16-23-15-21(11-10-19(23)5)14-20(6)31-17(2)3;1-3-2/h8-13,15,17,20H,7,14,16H2,1-6H3,(H,28,30);3H,1H2,2H3. The van der Waals surface area contributed by atoms with E-state index in [1.807, 2.05) is 6.92 Å². The van der Waals surface area contributed by atoms with Gasteiger partial charge in [-0.25, -0.2) is 4.98 Å². The minimum Gasteiger partial charge on any atom is -0.376 e. The Hall–Kier alpha value is -2.76. The summed E-state index contributed by atoms with van der Waals surface area (Å²) < 4.78 is 5.87. The second-order valence-corrected chi connectivity index (χ2v) is 10.1. The molecule has 4 nitrogen and oxygen atoms in total. The van der Waals surface area contributed by atoms with Gasteiger partial charge in [-0.3, -0.25) is 4.79 Å². The molecular formula is C30H40N2O2S. The monoisotopic (exact) mass is 492 g/mol. The maximum absolute atomic E-state index is 13.0. The van der Waals surface area contributed by atoms with E-state index in [-0.39, 0.29) is 18.1 Å². The molecule has 1 amide bonds. The highest BCUT2D eigenvalue weighted by Gasteiger charge is 2.18. The number of carbonyl (C=O) groups excluding carboxylic acids is 1. The van der Waals surface area contributed by atoms with Crippen molar-refractivity contribution in [3.63, 3.8) is 0 Å². The van der Waals surface area contributed by atoms with Crippen molar-refractivity contribution in [1.82, 2.24) is 10.3 Å². The summed E-state index contributed by atoms with van der Waals surface area (Å²) in [5.74, 6) is -0.113.